The van der Waals surface area contributed by atoms with Crippen LogP contribution in [-0.4, -0.2) is 38.4 Å². The van der Waals surface area contributed by atoms with Crippen LogP contribution >= 0.6 is 0 Å². The van der Waals surface area contributed by atoms with Crippen LogP contribution in [0, 0.1) is 0 Å². The molecule has 1 heterocycles. The zero-order chi connectivity index (χ0) is 15.1. The van der Waals surface area contributed by atoms with Crippen molar-refractivity contribution in [1.29, 1.82) is 0 Å². The minimum atomic E-state index is -0.525. The number of carbonyl (C=O) groups excluding carboxylic acids is 1. The van der Waals surface area contributed by atoms with Gasteiger partial charge in [0, 0.05) is 13.2 Å². The first kappa shape index (κ1) is 15.6. The molecule has 5 heteroatoms. The number of hydrogen-bond acceptors (Lipinski definition) is 4. The van der Waals surface area contributed by atoms with Gasteiger partial charge in [0.1, 0.15) is 0 Å². The second-order valence-electron chi connectivity index (χ2n) is 5.05. The van der Waals surface area contributed by atoms with Gasteiger partial charge in [0.25, 0.3) is 5.91 Å². The number of methoxy groups -OCH3 is 1. The molecule has 0 radical (unpaired) electrons. The maximum absolute atomic E-state index is 12.2. The Morgan fingerprint density at radius 2 is 2.19 bits per heavy atom. The van der Waals surface area contributed by atoms with Crippen molar-refractivity contribution in [1.82, 2.24) is 5.32 Å². The van der Waals surface area contributed by atoms with Gasteiger partial charge in [-0.2, -0.15) is 0 Å². The molecule has 1 N–H and O–H groups in total. The van der Waals surface area contributed by atoms with Crippen LogP contribution in [0.4, 0.5) is 0 Å². The molecule has 21 heavy (non-hydrogen) atoms. The molecule has 1 amide bonds. The number of carbonyl (C=O) groups is 1. The van der Waals surface area contributed by atoms with Crippen LogP contribution < -0.4 is 14.8 Å². The highest BCUT2D eigenvalue weighted by Gasteiger charge is 2.22. The SMILES string of the molecule is CCC(Oc1ccccc1OC)C(=O)NCC1CCCO1. The minimum absolute atomic E-state index is 0.112. The van der Waals surface area contributed by atoms with Gasteiger partial charge in [-0.15, -0.1) is 0 Å². The van der Waals surface area contributed by atoms with Gasteiger partial charge in [-0.3, -0.25) is 4.79 Å². The maximum atomic E-state index is 12.2. The molecule has 0 aliphatic carbocycles. The normalized spacial score (nSPS) is 19.0. The van der Waals surface area contributed by atoms with Crippen molar-refractivity contribution < 1.29 is 19.0 Å². The van der Waals surface area contributed by atoms with Gasteiger partial charge in [0.05, 0.1) is 13.2 Å². The molecule has 1 fully saturated rings. The lowest BCUT2D eigenvalue weighted by molar-refractivity contribution is -0.128. The van der Waals surface area contributed by atoms with Crippen molar-refractivity contribution in [2.24, 2.45) is 0 Å². The van der Waals surface area contributed by atoms with Crippen LogP contribution in [0.1, 0.15) is 26.2 Å². The van der Waals surface area contributed by atoms with E-state index in [9.17, 15) is 4.79 Å². The number of hydrogen-bond donors (Lipinski definition) is 1. The topological polar surface area (TPSA) is 56.8 Å². The lowest BCUT2D eigenvalue weighted by Crippen LogP contribution is -2.41. The Bertz CT molecular complexity index is 457. The summed E-state index contributed by atoms with van der Waals surface area (Å²) in [6, 6.07) is 7.33. The molecule has 1 aliphatic rings. The molecular formula is C16H23NO4. The fourth-order valence-corrected chi connectivity index (χ4v) is 2.33. The van der Waals surface area contributed by atoms with Crippen molar-refractivity contribution in [3.8, 4) is 11.5 Å². The Balaban J connectivity index is 1.90. The quantitative estimate of drug-likeness (QED) is 0.837. The Kier molecular flexibility index (Phi) is 5.87. The highest BCUT2D eigenvalue weighted by Crippen LogP contribution is 2.27. The van der Waals surface area contributed by atoms with Crippen LogP contribution in [0.15, 0.2) is 24.3 Å². The predicted octanol–water partition coefficient (Wildman–Crippen LogP) is 2.15. The van der Waals surface area contributed by atoms with Gasteiger partial charge < -0.3 is 19.5 Å². The van der Waals surface area contributed by atoms with E-state index in [1.807, 2.05) is 25.1 Å². The summed E-state index contributed by atoms with van der Waals surface area (Å²) in [5.74, 6) is 1.10. The molecule has 0 bridgehead atoms. The number of ether oxygens (including phenoxy) is 3. The Labute approximate surface area is 125 Å². The predicted molar refractivity (Wildman–Crippen MR) is 79.7 cm³/mol. The monoisotopic (exact) mass is 293 g/mol. The molecule has 2 unspecified atom stereocenters. The van der Waals surface area contributed by atoms with Crippen LogP contribution in [0.2, 0.25) is 0 Å². The third-order valence-electron chi connectivity index (χ3n) is 3.53. The average Bonchev–Trinajstić information content (AvgIpc) is 3.04. The Morgan fingerprint density at radius 3 is 2.81 bits per heavy atom. The van der Waals surface area contributed by atoms with E-state index in [-0.39, 0.29) is 12.0 Å². The average molecular weight is 293 g/mol. The second-order valence-corrected chi connectivity index (χ2v) is 5.05. The maximum Gasteiger partial charge on any atom is 0.261 e. The molecular weight excluding hydrogens is 270 g/mol. The summed E-state index contributed by atoms with van der Waals surface area (Å²) in [7, 11) is 1.58. The van der Waals surface area contributed by atoms with Crippen molar-refractivity contribution in [2.45, 2.75) is 38.4 Å². The van der Waals surface area contributed by atoms with E-state index in [0.717, 1.165) is 19.4 Å². The number of amides is 1. The standard InChI is InChI=1S/C16H23NO4/c1-3-13(16(18)17-11-12-7-6-10-20-12)21-15-9-5-4-8-14(15)19-2/h4-5,8-9,12-13H,3,6-7,10-11H2,1-2H3,(H,17,18). The molecule has 1 saturated heterocycles. The van der Waals surface area contributed by atoms with Crippen molar-refractivity contribution >= 4 is 5.91 Å². The Hall–Kier alpha value is -1.75. The van der Waals surface area contributed by atoms with E-state index in [2.05, 4.69) is 5.32 Å². The number of nitrogens with one attached hydrogen (secondary N) is 1. The van der Waals surface area contributed by atoms with Crippen LogP contribution in [0.3, 0.4) is 0 Å². The molecule has 1 aliphatic heterocycles. The van der Waals surface area contributed by atoms with Gasteiger partial charge in [0.15, 0.2) is 17.6 Å². The molecule has 116 valence electrons. The zero-order valence-electron chi connectivity index (χ0n) is 12.6. The summed E-state index contributed by atoms with van der Waals surface area (Å²) in [6.45, 7) is 3.26. The first-order chi connectivity index (χ1) is 10.2. The van der Waals surface area contributed by atoms with Gasteiger partial charge >= 0.3 is 0 Å². The summed E-state index contributed by atoms with van der Waals surface area (Å²) >= 11 is 0. The van der Waals surface area contributed by atoms with Crippen molar-refractivity contribution in [3.63, 3.8) is 0 Å². The van der Waals surface area contributed by atoms with Gasteiger partial charge in [-0.1, -0.05) is 19.1 Å². The van der Waals surface area contributed by atoms with Crippen LogP contribution in [0.5, 0.6) is 11.5 Å². The van der Waals surface area contributed by atoms with E-state index in [1.165, 1.54) is 0 Å². The molecule has 0 saturated carbocycles. The molecule has 5 nitrogen and oxygen atoms in total. The summed E-state index contributed by atoms with van der Waals surface area (Å²) < 4.78 is 16.5. The third kappa shape index (κ3) is 4.36. The first-order valence-corrected chi connectivity index (χ1v) is 7.43. The summed E-state index contributed by atoms with van der Waals surface area (Å²) in [5.41, 5.74) is 0. The molecule has 2 rings (SSSR count). The van der Waals surface area contributed by atoms with Gasteiger partial charge in [-0.05, 0) is 31.4 Å². The van der Waals surface area contributed by atoms with Gasteiger partial charge in [0.2, 0.25) is 0 Å². The molecule has 1 aromatic carbocycles. The first-order valence-electron chi connectivity index (χ1n) is 7.43. The highest BCUT2D eigenvalue weighted by molar-refractivity contribution is 5.81. The molecule has 1 aromatic rings. The van der Waals surface area contributed by atoms with E-state index in [1.54, 1.807) is 13.2 Å². The number of benzene rings is 1. The number of para-hydroxylation sites is 2. The summed E-state index contributed by atoms with van der Waals surface area (Å²) in [4.78, 5) is 12.2. The lowest BCUT2D eigenvalue weighted by atomic mass is 10.2. The second kappa shape index (κ2) is 7.88. The van der Waals surface area contributed by atoms with Crippen LogP contribution in [0.25, 0.3) is 0 Å². The molecule has 0 aromatic heterocycles. The summed E-state index contributed by atoms with van der Waals surface area (Å²) in [5, 5.41) is 2.90. The summed E-state index contributed by atoms with van der Waals surface area (Å²) in [6.07, 6.45) is 2.27. The van der Waals surface area contributed by atoms with Crippen LogP contribution in [-0.2, 0) is 9.53 Å². The lowest BCUT2D eigenvalue weighted by Gasteiger charge is -2.19. The molecule has 2 atom stereocenters. The van der Waals surface area contributed by atoms with E-state index in [4.69, 9.17) is 14.2 Å². The zero-order valence-corrected chi connectivity index (χ0v) is 12.6. The van der Waals surface area contributed by atoms with E-state index >= 15 is 0 Å². The largest absolute Gasteiger partial charge is 0.493 e. The fraction of sp³-hybridized carbons (Fsp3) is 0.562. The third-order valence-corrected chi connectivity index (χ3v) is 3.53. The van der Waals surface area contributed by atoms with E-state index in [0.29, 0.717) is 24.5 Å². The number of rotatable bonds is 7. The van der Waals surface area contributed by atoms with Crippen molar-refractivity contribution in [2.75, 3.05) is 20.3 Å². The minimum Gasteiger partial charge on any atom is -0.493 e. The van der Waals surface area contributed by atoms with Crippen molar-refractivity contribution in [3.05, 3.63) is 24.3 Å². The van der Waals surface area contributed by atoms with E-state index < -0.39 is 6.10 Å². The highest BCUT2D eigenvalue weighted by atomic mass is 16.5. The van der Waals surface area contributed by atoms with Gasteiger partial charge in [-0.25, -0.2) is 0 Å². The smallest absolute Gasteiger partial charge is 0.261 e. The fourth-order valence-electron chi connectivity index (χ4n) is 2.33. The Morgan fingerprint density at radius 1 is 1.43 bits per heavy atom. The molecule has 0 spiro atoms.